The number of aromatic nitrogens is 2. The van der Waals surface area contributed by atoms with E-state index in [4.69, 9.17) is 17.3 Å². The summed E-state index contributed by atoms with van der Waals surface area (Å²) in [7, 11) is 0. The van der Waals surface area contributed by atoms with Gasteiger partial charge in [-0.1, -0.05) is 29.8 Å². The Labute approximate surface area is 108 Å². The summed E-state index contributed by atoms with van der Waals surface area (Å²) in [6.07, 6.45) is 0.108. The molecule has 1 heterocycles. The van der Waals surface area contributed by atoms with Crippen molar-refractivity contribution in [2.75, 3.05) is 0 Å². The molecule has 0 saturated carbocycles. The zero-order valence-corrected chi connectivity index (χ0v) is 10.3. The Morgan fingerprint density at radius 2 is 2.11 bits per heavy atom. The minimum atomic E-state index is -0.344. The number of hydrogen-bond acceptors (Lipinski definition) is 3. The number of rotatable bonds is 3. The Bertz CT molecular complexity index is 630. The lowest BCUT2D eigenvalue weighted by Gasteiger charge is -2.06. The van der Waals surface area contributed by atoms with Crippen molar-refractivity contribution >= 4 is 17.5 Å². The molecule has 94 valence electrons. The average Bonchev–Trinajstić information content (AvgIpc) is 2.73. The highest BCUT2D eigenvalue weighted by Gasteiger charge is 2.13. The molecule has 1 aromatic carbocycles. The first-order valence-corrected chi connectivity index (χ1v) is 5.77. The largest absolute Gasteiger partial charge is 0.325 e. The summed E-state index contributed by atoms with van der Waals surface area (Å²) in [6.45, 7) is 0.118. The third-order valence-electron chi connectivity index (χ3n) is 2.56. The van der Waals surface area contributed by atoms with Crippen molar-refractivity contribution in [3.05, 3.63) is 57.0 Å². The Balaban J connectivity index is 2.27. The van der Waals surface area contributed by atoms with Gasteiger partial charge in [0.05, 0.1) is 12.1 Å². The first kappa shape index (κ1) is 12.6. The number of H-pyrrole nitrogens is 1. The van der Waals surface area contributed by atoms with Crippen LogP contribution in [0, 0.1) is 0 Å². The fourth-order valence-corrected chi connectivity index (χ4v) is 1.89. The minimum Gasteiger partial charge on any atom is -0.325 e. The molecule has 0 unspecified atom stereocenters. The number of halogens is 1. The number of carbonyl (C=O) groups excluding carboxylic acids is 1. The monoisotopic (exact) mass is 265 g/mol. The highest BCUT2D eigenvalue weighted by Crippen LogP contribution is 2.16. The third-order valence-corrected chi connectivity index (χ3v) is 2.93. The average molecular weight is 266 g/mol. The summed E-state index contributed by atoms with van der Waals surface area (Å²) < 4.78 is 1.17. The Morgan fingerprint density at radius 3 is 2.78 bits per heavy atom. The first-order chi connectivity index (χ1) is 8.61. The van der Waals surface area contributed by atoms with Crippen molar-refractivity contribution in [2.24, 2.45) is 5.73 Å². The maximum absolute atomic E-state index is 12.0. The van der Waals surface area contributed by atoms with Crippen LogP contribution in [0.5, 0.6) is 0 Å². The van der Waals surface area contributed by atoms with Crippen LogP contribution < -0.4 is 11.3 Å². The molecule has 1 aromatic heterocycles. The third kappa shape index (κ3) is 2.52. The second-order valence-electron chi connectivity index (χ2n) is 3.81. The topological polar surface area (TPSA) is 80.9 Å². The highest BCUT2D eigenvalue weighted by molar-refractivity contribution is 6.31. The van der Waals surface area contributed by atoms with Crippen LogP contribution in [0.3, 0.4) is 0 Å². The number of nitrogens with one attached hydrogen (secondary N) is 1. The summed E-state index contributed by atoms with van der Waals surface area (Å²) in [4.78, 5) is 23.2. The molecule has 3 N–H and O–H groups in total. The Morgan fingerprint density at radius 1 is 1.39 bits per heavy atom. The highest BCUT2D eigenvalue weighted by atomic mass is 35.5. The Hall–Kier alpha value is -1.85. The second kappa shape index (κ2) is 5.20. The molecule has 0 aliphatic carbocycles. The molecule has 0 spiro atoms. The number of aromatic amines is 1. The lowest BCUT2D eigenvalue weighted by molar-refractivity contribution is 0.0894. The molecule has 0 radical (unpaired) electrons. The van der Waals surface area contributed by atoms with Gasteiger partial charge in [0.1, 0.15) is 0 Å². The standard InChI is InChI=1S/C12H12ClN3O2/c13-10-4-2-1-3-8(10)5-12(18)16-9(7-14)6-11(17)15-16/h1-4,6H,5,7,14H2,(H,15,17). The van der Waals surface area contributed by atoms with Gasteiger partial charge < -0.3 is 5.73 Å². The fraction of sp³-hybridized carbons (Fsp3) is 0.167. The van der Waals surface area contributed by atoms with Gasteiger partial charge in [0, 0.05) is 17.6 Å². The summed E-state index contributed by atoms with van der Waals surface area (Å²) in [6, 6.07) is 8.39. The predicted molar refractivity (Wildman–Crippen MR) is 68.7 cm³/mol. The summed E-state index contributed by atoms with van der Waals surface area (Å²) >= 11 is 5.98. The van der Waals surface area contributed by atoms with Gasteiger partial charge in [-0.25, -0.2) is 4.68 Å². The van der Waals surface area contributed by atoms with Crippen molar-refractivity contribution < 1.29 is 4.79 Å². The maximum Gasteiger partial charge on any atom is 0.264 e. The number of carbonyl (C=O) groups is 1. The van der Waals surface area contributed by atoms with Gasteiger partial charge in [0.15, 0.2) is 0 Å². The SMILES string of the molecule is NCc1cc(=O)[nH]n1C(=O)Cc1ccccc1Cl. The van der Waals surface area contributed by atoms with E-state index in [1.807, 2.05) is 0 Å². The van der Waals surface area contributed by atoms with Gasteiger partial charge in [-0.3, -0.25) is 14.7 Å². The molecule has 6 heteroatoms. The van der Waals surface area contributed by atoms with Gasteiger partial charge in [0.25, 0.3) is 5.56 Å². The van der Waals surface area contributed by atoms with Crippen LogP contribution in [0.25, 0.3) is 0 Å². The van der Waals surface area contributed by atoms with Crippen molar-refractivity contribution in [3.63, 3.8) is 0 Å². The molecule has 0 bridgehead atoms. The molecule has 0 amide bonds. The van der Waals surface area contributed by atoms with E-state index in [9.17, 15) is 9.59 Å². The van der Waals surface area contributed by atoms with Crippen molar-refractivity contribution in [1.29, 1.82) is 0 Å². The van der Waals surface area contributed by atoms with E-state index in [2.05, 4.69) is 5.10 Å². The minimum absolute atomic E-state index is 0.108. The Kier molecular flexibility index (Phi) is 3.64. The van der Waals surface area contributed by atoms with Crippen LogP contribution in [-0.4, -0.2) is 15.7 Å². The molecule has 0 fully saturated rings. The van der Waals surface area contributed by atoms with E-state index >= 15 is 0 Å². The van der Waals surface area contributed by atoms with Crippen molar-refractivity contribution in [1.82, 2.24) is 9.78 Å². The van der Waals surface area contributed by atoms with E-state index < -0.39 is 0 Å². The molecule has 0 saturated heterocycles. The number of nitrogens with two attached hydrogens (primary N) is 1. The fourth-order valence-electron chi connectivity index (χ4n) is 1.69. The quantitative estimate of drug-likeness (QED) is 0.874. The summed E-state index contributed by atoms with van der Waals surface area (Å²) in [5.74, 6) is -0.273. The molecular formula is C12H12ClN3O2. The second-order valence-corrected chi connectivity index (χ2v) is 4.22. The molecule has 0 aliphatic rings. The van der Waals surface area contributed by atoms with Crippen LogP contribution in [0.2, 0.25) is 5.02 Å². The van der Waals surface area contributed by atoms with Crippen LogP contribution in [-0.2, 0) is 13.0 Å². The summed E-state index contributed by atoms with van der Waals surface area (Å²) in [5.41, 5.74) is 6.29. The normalized spacial score (nSPS) is 10.6. The van der Waals surface area contributed by atoms with E-state index in [0.29, 0.717) is 16.3 Å². The zero-order valence-electron chi connectivity index (χ0n) is 9.52. The molecule has 0 aliphatic heterocycles. The molecule has 5 nitrogen and oxygen atoms in total. The van der Waals surface area contributed by atoms with Gasteiger partial charge in [-0.2, -0.15) is 0 Å². The molecule has 2 aromatic rings. The van der Waals surface area contributed by atoms with Gasteiger partial charge in [0.2, 0.25) is 5.91 Å². The number of nitrogens with zero attached hydrogens (tertiary/aromatic N) is 1. The van der Waals surface area contributed by atoms with Gasteiger partial charge >= 0.3 is 0 Å². The zero-order chi connectivity index (χ0) is 13.1. The van der Waals surface area contributed by atoms with Gasteiger partial charge in [-0.15, -0.1) is 0 Å². The lowest BCUT2D eigenvalue weighted by atomic mass is 10.1. The van der Waals surface area contributed by atoms with E-state index in [1.54, 1.807) is 24.3 Å². The van der Waals surface area contributed by atoms with Crippen LogP contribution in [0.15, 0.2) is 35.1 Å². The van der Waals surface area contributed by atoms with Crippen molar-refractivity contribution in [3.8, 4) is 0 Å². The molecule has 2 rings (SSSR count). The lowest BCUT2D eigenvalue weighted by Crippen LogP contribution is -2.20. The smallest absolute Gasteiger partial charge is 0.264 e. The van der Waals surface area contributed by atoms with Crippen LogP contribution in [0.1, 0.15) is 16.1 Å². The maximum atomic E-state index is 12.0. The molecule has 18 heavy (non-hydrogen) atoms. The number of hydrogen-bond donors (Lipinski definition) is 2. The first-order valence-electron chi connectivity index (χ1n) is 5.39. The van der Waals surface area contributed by atoms with Crippen LogP contribution >= 0.6 is 11.6 Å². The van der Waals surface area contributed by atoms with E-state index in [0.717, 1.165) is 0 Å². The van der Waals surface area contributed by atoms with Crippen molar-refractivity contribution in [2.45, 2.75) is 13.0 Å². The van der Waals surface area contributed by atoms with E-state index in [-0.39, 0.29) is 24.4 Å². The predicted octanol–water partition coefficient (Wildman–Crippen LogP) is 1.17. The molecular weight excluding hydrogens is 254 g/mol. The number of benzene rings is 1. The van der Waals surface area contributed by atoms with Gasteiger partial charge in [-0.05, 0) is 11.6 Å². The molecule has 0 atom stereocenters. The summed E-state index contributed by atoms with van der Waals surface area (Å²) in [5, 5.41) is 2.95. The van der Waals surface area contributed by atoms with Crippen LogP contribution in [0.4, 0.5) is 0 Å². The van der Waals surface area contributed by atoms with E-state index in [1.165, 1.54) is 10.7 Å².